The number of hydrogen-bond acceptors (Lipinski definition) is 6. The first kappa shape index (κ1) is 32.9. The Kier molecular flexibility index (Phi) is 10.8. The fraction of sp³-hybridized carbons (Fsp3) is 0.583. The predicted octanol–water partition coefficient (Wildman–Crippen LogP) is 4.22. The number of likely N-dealkylation sites (tertiary alicyclic amines) is 1. The standard InChI is InChI=1S/C36H51N5O4/c1-6-41(31-11-13-40(14-12-31)27(5)42)34-21-30(29-9-7-28(8-10-29)23-39-15-17-45-18-16-39)20-32(26(34)4)35(43)37-22-33-24(2)19-25(3)38-36(33)44/h7-10,20-21,24-25,31,33H,6,11-19,22-23H2,1-5H3,(H,37,43)(H,38,44). The minimum absolute atomic E-state index is 0.0129. The van der Waals surface area contributed by atoms with E-state index in [-0.39, 0.29) is 41.6 Å². The highest BCUT2D eigenvalue weighted by Crippen LogP contribution is 2.34. The molecule has 3 heterocycles. The average Bonchev–Trinajstić information content (AvgIpc) is 3.02. The molecule has 9 heteroatoms. The van der Waals surface area contributed by atoms with E-state index in [1.54, 1.807) is 6.92 Å². The second-order valence-corrected chi connectivity index (χ2v) is 13.2. The van der Waals surface area contributed by atoms with Crippen molar-refractivity contribution in [3.8, 4) is 11.1 Å². The summed E-state index contributed by atoms with van der Waals surface area (Å²) in [5, 5.41) is 6.17. The zero-order chi connectivity index (χ0) is 32.1. The van der Waals surface area contributed by atoms with Crippen LogP contribution in [0.5, 0.6) is 0 Å². The van der Waals surface area contributed by atoms with Crippen LogP contribution in [0, 0.1) is 18.8 Å². The summed E-state index contributed by atoms with van der Waals surface area (Å²) in [5.41, 5.74) is 5.94. The number of morpholine rings is 1. The second kappa shape index (κ2) is 14.8. The number of benzene rings is 2. The minimum Gasteiger partial charge on any atom is -0.379 e. The first-order valence-corrected chi connectivity index (χ1v) is 16.8. The van der Waals surface area contributed by atoms with Crippen LogP contribution in [0.15, 0.2) is 36.4 Å². The molecule has 0 aromatic heterocycles. The number of hydrogen-bond donors (Lipinski definition) is 2. The number of ether oxygens (including phenoxy) is 1. The molecule has 3 fully saturated rings. The van der Waals surface area contributed by atoms with Crippen LogP contribution >= 0.6 is 0 Å². The number of carbonyl (C=O) groups is 3. The van der Waals surface area contributed by atoms with Gasteiger partial charge in [0.15, 0.2) is 0 Å². The van der Waals surface area contributed by atoms with Gasteiger partial charge in [0, 0.05) is 76.1 Å². The molecule has 0 radical (unpaired) electrons. The normalized spacial score (nSPS) is 23.0. The molecule has 0 aliphatic carbocycles. The van der Waals surface area contributed by atoms with Crippen LogP contribution in [0.3, 0.4) is 0 Å². The molecule has 45 heavy (non-hydrogen) atoms. The highest BCUT2D eigenvalue weighted by Gasteiger charge is 2.33. The van der Waals surface area contributed by atoms with Crippen molar-refractivity contribution in [1.29, 1.82) is 0 Å². The van der Waals surface area contributed by atoms with Gasteiger partial charge in [0.2, 0.25) is 11.8 Å². The molecule has 5 rings (SSSR count). The summed E-state index contributed by atoms with van der Waals surface area (Å²) < 4.78 is 5.50. The fourth-order valence-corrected chi connectivity index (χ4v) is 7.32. The summed E-state index contributed by atoms with van der Waals surface area (Å²) in [4.78, 5) is 45.4. The Morgan fingerprint density at radius 3 is 2.33 bits per heavy atom. The van der Waals surface area contributed by atoms with E-state index in [1.165, 1.54) is 5.56 Å². The van der Waals surface area contributed by atoms with Gasteiger partial charge in [-0.15, -0.1) is 0 Å². The fourth-order valence-electron chi connectivity index (χ4n) is 7.32. The SMILES string of the molecule is CCN(c1cc(-c2ccc(CN3CCOCC3)cc2)cc(C(=O)NCC2C(=O)NC(C)CC2C)c1C)C1CCN(C(C)=O)CC1. The van der Waals surface area contributed by atoms with Crippen molar-refractivity contribution in [2.75, 3.05) is 57.4 Å². The molecule has 3 amide bonds. The van der Waals surface area contributed by atoms with Crippen molar-refractivity contribution in [2.24, 2.45) is 11.8 Å². The quantitative estimate of drug-likeness (QED) is 0.438. The second-order valence-electron chi connectivity index (χ2n) is 13.2. The Morgan fingerprint density at radius 2 is 1.71 bits per heavy atom. The first-order chi connectivity index (χ1) is 21.6. The Morgan fingerprint density at radius 1 is 1.02 bits per heavy atom. The third-order valence-corrected chi connectivity index (χ3v) is 10.0. The number of rotatable bonds is 9. The van der Waals surface area contributed by atoms with Gasteiger partial charge in [-0.25, -0.2) is 0 Å². The Balaban J connectivity index is 1.42. The third-order valence-electron chi connectivity index (χ3n) is 10.0. The van der Waals surface area contributed by atoms with E-state index in [2.05, 4.69) is 64.6 Å². The number of nitrogens with zero attached hydrogens (tertiary/aromatic N) is 3. The van der Waals surface area contributed by atoms with E-state index >= 15 is 0 Å². The predicted molar refractivity (Wildman–Crippen MR) is 178 cm³/mol. The smallest absolute Gasteiger partial charge is 0.251 e. The van der Waals surface area contributed by atoms with Crippen LogP contribution in [0.1, 0.15) is 68.4 Å². The average molecular weight is 618 g/mol. The Labute approximate surface area is 268 Å². The lowest BCUT2D eigenvalue weighted by molar-refractivity contribution is -0.130. The van der Waals surface area contributed by atoms with E-state index < -0.39 is 0 Å². The largest absolute Gasteiger partial charge is 0.379 e. The van der Waals surface area contributed by atoms with Gasteiger partial charge in [-0.1, -0.05) is 31.2 Å². The summed E-state index contributed by atoms with van der Waals surface area (Å²) in [6, 6.07) is 13.3. The molecule has 3 saturated heterocycles. The number of amides is 3. The van der Waals surface area contributed by atoms with Crippen molar-refractivity contribution in [3.63, 3.8) is 0 Å². The first-order valence-electron chi connectivity index (χ1n) is 16.8. The highest BCUT2D eigenvalue weighted by atomic mass is 16.5. The van der Waals surface area contributed by atoms with Gasteiger partial charge in [0.1, 0.15) is 0 Å². The van der Waals surface area contributed by atoms with Crippen LogP contribution in [0.25, 0.3) is 11.1 Å². The molecule has 2 N–H and O–H groups in total. The molecule has 244 valence electrons. The van der Waals surface area contributed by atoms with Crippen molar-refractivity contribution in [3.05, 3.63) is 53.1 Å². The zero-order valence-electron chi connectivity index (χ0n) is 27.7. The van der Waals surface area contributed by atoms with Gasteiger partial charge in [-0.2, -0.15) is 0 Å². The molecule has 0 spiro atoms. The van der Waals surface area contributed by atoms with Gasteiger partial charge >= 0.3 is 0 Å². The van der Waals surface area contributed by atoms with E-state index in [1.807, 2.05) is 24.8 Å². The summed E-state index contributed by atoms with van der Waals surface area (Å²) in [7, 11) is 0. The molecule has 2 aromatic carbocycles. The molecule has 3 atom stereocenters. The van der Waals surface area contributed by atoms with Crippen LogP contribution < -0.4 is 15.5 Å². The summed E-state index contributed by atoms with van der Waals surface area (Å²) >= 11 is 0. The molecule has 3 aliphatic rings. The van der Waals surface area contributed by atoms with Gasteiger partial charge < -0.3 is 25.2 Å². The summed E-state index contributed by atoms with van der Waals surface area (Å²) in [6.07, 6.45) is 2.68. The van der Waals surface area contributed by atoms with Crippen LogP contribution in [-0.4, -0.2) is 92.1 Å². The van der Waals surface area contributed by atoms with E-state index in [0.29, 0.717) is 12.1 Å². The van der Waals surface area contributed by atoms with Gasteiger partial charge in [-0.05, 0) is 80.3 Å². The highest BCUT2D eigenvalue weighted by molar-refractivity contribution is 5.99. The van der Waals surface area contributed by atoms with E-state index in [9.17, 15) is 14.4 Å². The summed E-state index contributed by atoms with van der Waals surface area (Å²) in [5.74, 6) is -0.0594. The van der Waals surface area contributed by atoms with Crippen LogP contribution in [0.4, 0.5) is 5.69 Å². The van der Waals surface area contributed by atoms with Gasteiger partial charge in [0.25, 0.3) is 5.91 Å². The molecular formula is C36H51N5O4. The number of nitrogens with one attached hydrogen (secondary N) is 2. The molecule has 2 aromatic rings. The van der Waals surface area contributed by atoms with Crippen molar-refractivity contribution in [2.45, 2.75) is 72.5 Å². The monoisotopic (exact) mass is 617 g/mol. The maximum atomic E-state index is 13.9. The van der Waals surface area contributed by atoms with Gasteiger partial charge in [0.05, 0.1) is 19.1 Å². The van der Waals surface area contributed by atoms with Crippen LogP contribution in [-0.2, 0) is 20.9 Å². The maximum Gasteiger partial charge on any atom is 0.251 e. The topological polar surface area (TPSA) is 94.2 Å². The number of piperidine rings is 2. The lowest BCUT2D eigenvalue weighted by Crippen LogP contribution is -2.50. The Hall–Kier alpha value is -3.43. The number of carbonyl (C=O) groups excluding carboxylic acids is 3. The third kappa shape index (κ3) is 7.87. The molecule has 0 saturated carbocycles. The van der Waals surface area contributed by atoms with Crippen LogP contribution in [0.2, 0.25) is 0 Å². The van der Waals surface area contributed by atoms with Crippen molar-refractivity contribution >= 4 is 23.4 Å². The van der Waals surface area contributed by atoms with Crippen molar-refractivity contribution < 1.29 is 19.1 Å². The van der Waals surface area contributed by atoms with E-state index in [4.69, 9.17) is 4.74 Å². The molecule has 3 unspecified atom stereocenters. The lowest BCUT2D eigenvalue weighted by Gasteiger charge is -2.40. The molecular weight excluding hydrogens is 566 g/mol. The number of anilines is 1. The minimum atomic E-state index is -0.245. The Bertz CT molecular complexity index is 1350. The molecule has 0 bridgehead atoms. The molecule has 3 aliphatic heterocycles. The zero-order valence-corrected chi connectivity index (χ0v) is 27.7. The van der Waals surface area contributed by atoms with E-state index in [0.717, 1.165) is 94.1 Å². The lowest BCUT2D eigenvalue weighted by atomic mass is 9.84. The maximum absolute atomic E-state index is 13.9. The van der Waals surface area contributed by atoms with Crippen molar-refractivity contribution in [1.82, 2.24) is 20.4 Å². The molecule has 9 nitrogen and oxygen atoms in total. The van der Waals surface area contributed by atoms with Gasteiger partial charge in [-0.3, -0.25) is 19.3 Å². The summed E-state index contributed by atoms with van der Waals surface area (Å²) in [6.45, 7) is 16.9.